The highest BCUT2D eigenvalue weighted by molar-refractivity contribution is 6.31. The first-order valence-electron chi connectivity index (χ1n) is 8.46. The van der Waals surface area contributed by atoms with E-state index in [1.54, 1.807) is 6.07 Å². The van der Waals surface area contributed by atoms with Gasteiger partial charge in [-0.15, -0.1) is 0 Å². The van der Waals surface area contributed by atoms with Crippen LogP contribution in [0.2, 0.25) is 5.02 Å². The standard InChI is InChI=1S/C20H20ClFN4/c1-14-12-19(25-16-9-10-18(22)17(21)13-16)26-20(24-14)23-11-5-8-15-6-3-2-4-7-15/h2-4,6-7,9-10,12-13H,5,8,11H2,1H3,(H2,23,24,25,26). The Hall–Kier alpha value is -2.66. The lowest BCUT2D eigenvalue weighted by molar-refractivity contribution is 0.628. The summed E-state index contributed by atoms with van der Waals surface area (Å²) in [5.41, 5.74) is 2.82. The van der Waals surface area contributed by atoms with Gasteiger partial charge in [0.1, 0.15) is 11.6 Å². The van der Waals surface area contributed by atoms with E-state index in [0.717, 1.165) is 25.1 Å². The van der Waals surface area contributed by atoms with E-state index in [9.17, 15) is 4.39 Å². The normalized spacial score (nSPS) is 10.6. The predicted octanol–water partition coefficient (Wildman–Crippen LogP) is 5.37. The summed E-state index contributed by atoms with van der Waals surface area (Å²) >= 11 is 5.82. The molecule has 0 atom stereocenters. The highest BCUT2D eigenvalue weighted by atomic mass is 35.5. The number of nitrogens with zero attached hydrogens (tertiary/aromatic N) is 2. The first-order valence-corrected chi connectivity index (χ1v) is 8.83. The van der Waals surface area contributed by atoms with E-state index in [2.05, 4.69) is 32.7 Å². The Morgan fingerprint density at radius 2 is 1.85 bits per heavy atom. The molecule has 0 saturated heterocycles. The second-order valence-corrected chi connectivity index (χ2v) is 6.40. The molecule has 0 aliphatic carbocycles. The highest BCUT2D eigenvalue weighted by Gasteiger charge is 2.05. The van der Waals surface area contributed by atoms with Crippen LogP contribution in [0.5, 0.6) is 0 Å². The van der Waals surface area contributed by atoms with Crippen LogP contribution in [-0.4, -0.2) is 16.5 Å². The van der Waals surface area contributed by atoms with Gasteiger partial charge in [-0.05, 0) is 43.5 Å². The molecule has 26 heavy (non-hydrogen) atoms. The number of halogens is 2. The lowest BCUT2D eigenvalue weighted by Crippen LogP contribution is -2.08. The predicted molar refractivity (Wildman–Crippen MR) is 105 cm³/mol. The van der Waals surface area contributed by atoms with Crippen LogP contribution in [0.1, 0.15) is 17.7 Å². The van der Waals surface area contributed by atoms with Gasteiger partial charge in [0.2, 0.25) is 5.95 Å². The minimum atomic E-state index is -0.447. The molecule has 1 aromatic heterocycles. The number of nitrogens with one attached hydrogen (secondary N) is 2. The van der Waals surface area contributed by atoms with Crippen LogP contribution < -0.4 is 10.6 Å². The van der Waals surface area contributed by atoms with Crippen LogP contribution in [-0.2, 0) is 6.42 Å². The van der Waals surface area contributed by atoms with E-state index in [0.29, 0.717) is 17.5 Å². The summed E-state index contributed by atoms with van der Waals surface area (Å²) in [6.45, 7) is 2.68. The Labute approximate surface area is 157 Å². The van der Waals surface area contributed by atoms with Crippen molar-refractivity contribution in [3.8, 4) is 0 Å². The average Bonchev–Trinajstić information content (AvgIpc) is 2.62. The Kier molecular flexibility index (Phi) is 6.02. The van der Waals surface area contributed by atoms with Gasteiger partial charge in [0.25, 0.3) is 0 Å². The molecule has 0 amide bonds. The zero-order valence-corrected chi connectivity index (χ0v) is 15.2. The Morgan fingerprint density at radius 1 is 1.04 bits per heavy atom. The number of hydrogen-bond acceptors (Lipinski definition) is 4. The van der Waals surface area contributed by atoms with Gasteiger partial charge in [-0.1, -0.05) is 41.9 Å². The molecule has 3 aromatic rings. The molecule has 1 heterocycles. The van der Waals surface area contributed by atoms with E-state index < -0.39 is 5.82 Å². The first kappa shape index (κ1) is 18.1. The molecular formula is C20H20ClFN4. The van der Waals surface area contributed by atoms with Crippen molar-refractivity contribution in [1.82, 2.24) is 9.97 Å². The minimum Gasteiger partial charge on any atom is -0.354 e. The molecule has 6 heteroatoms. The third kappa shape index (κ3) is 5.17. The van der Waals surface area contributed by atoms with Crippen molar-refractivity contribution >= 4 is 29.1 Å². The summed E-state index contributed by atoms with van der Waals surface area (Å²) in [5, 5.41) is 6.45. The quantitative estimate of drug-likeness (QED) is 0.549. The molecule has 0 spiro atoms. The average molecular weight is 371 g/mol. The topological polar surface area (TPSA) is 49.8 Å². The fourth-order valence-corrected chi connectivity index (χ4v) is 2.75. The summed E-state index contributed by atoms with van der Waals surface area (Å²) in [6, 6.07) is 16.7. The van der Waals surface area contributed by atoms with Gasteiger partial charge < -0.3 is 10.6 Å². The third-order valence-electron chi connectivity index (χ3n) is 3.81. The van der Waals surface area contributed by atoms with E-state index in [-0.39, 0.29) is 5.02 Å². The Bertz CT molecular complexity index is 871. The van der Waals surface area contributed by atoms with Crippen molar-refractivity contribution < 1.29 is 4.39 Å². The monoisotopic (exact) mass is 370 g/mol. The van der Waals surface area contributed by atoms with Crippen LogP contribution in [0.4, 0.5) is 21.8 Å². The number of hydrogen-bond donors (Lipinski definition) is 2. The molecule has 3 rings (SSSR count). The van der Waals surface area contributed by atoms with Gasteiger partial charge in [0.05, 0.1) is 5.02 Å². The number of benzene rings is 2. The maximum atomic E-state index is 13.3. The summed E-state index contributed by atoms with van der Waals surface area (Å²) in [6.07, 6.45) is 1.98. The van der Waals surface area contributed by atoms with Gasteiger partial charge in [0, 0.05) is 24.0 Å². The Morgan fingerprint density at radius 3 is 2.62 bits per heavy atom. The first-order chi connectivity index (χ1) is 12.6. The SMILES string of the molecule is Cc1cc(Nc2ccc(F)c(Cl)c2)nc(NCCCc2ccccc2)n1. The van der Waals surface area contributed by atoms with Crippen LogP contribution >= 0.6 is 11.6 Å². The molecule has 2 N–H and O–H groups in total. The number of aromatic nitrogens is 2. The number of rotatable bonds is 7. The molecule has 0 saturated carbocycles. The van der Waals surface area contributed by atoms with Crippen LogP contribution in [0, 0.1) is 12.7 Å². The summed E-state index contributed by atoms with van der Waals surface area (Å²) in [7, 11) is 0. The smallest absolute Gasteiger partial charge is 0.224 e. The van der Waals surface area contributed by atoms with Crippen LogP contribution in [0.3, 0.4) is 0 Å². The maximum Gasteiger partial charge on any atom is 0.224 e. The van der Waals surface area contributed by atoms with E-state index in [1.165, 1.54) is 17.7 Å². The van der Waals surface area contributed by atoms with Gasteiger partial charge in [-0.2, -0.15) is 4.98 Å². The molecule has 4 nitrogen and oxygen atoms in total. The van der Waals surface area contributed by atoms with Crippen LogP contribution in [0.25, 0.3) is 0 Å². The highest BCUT2D eigenvalue weighted by Crippen LogP contribution is 2.22. The molecule has 0 unspecified atom stereocenters. The minimum absolute atomic E-state index is 0.0695. The molecule has 0 bridgehead atoms. The molecular weight excluding hydrogens is 351 g/mol. The van der Waals surface area contributed by atoms with Gasteiger partial charge >= 0.3 is 0 Å². The van der Waals surface area contributed by atoms with E-state index in [1.807, 2.05) is 31.2 Å². The second kappa shape index (κ2) is 8.63. The lowest BCUT2D eigenvalue weighted by atomic mass is 10.1. The molecule has 134 valence electrons. The molecule has 0 fully saturated rings. The fourth-order valence-electron chi connectivity index (χ4n) is 2.57. The maximum absolute atomic E-state index is 13.3. The van der Waals surface area contributed by atoms with E-state index in [4.69, 9.17) is 11.6 Å². The summed E-state index contributed by atoms with van der Waals surface area (Å²) in [5.74, 6) is 0.747. The molecule has 0 aliphatic rings. The van der Waals surface area contributed by atoms with Crippen molar-refractivity contribution in [1.29, 1.82) is 0 Å². The van der Waals surface area contributed by atoms with Crippen molar-refractivity contribution in [2.45, 2.75) is 19.8 Å². The Balaban J connectivity index is 1.59. The summed E-state index contributed by atoms with van der Waals surface area (Å²) < 4.78 is 13.3. The van der Waals surface area contributed by atoms with Gasteiger partial charge in [0.15, 0.2) is 0 Å². The number of aryl methyl sites for hydroxylation is 2. The second-order valence-electron chi connectivity index (χ2n) is 5.99. The zero-order chi connectivity index (χ0) is 18.4. The zero-order valence-electron chi connectivity index (χ0n) is 14.5. The fraction of sp³-hybridized carbons (Fsp3) is 0.200. The van der Waals surface area contributed by atoms with Crippen molar-refractivity contribution in [3.63, 3.8) is 0 Å². The number of anilines is 3. The molecule has 0 aliphatic heterocycles. The van der Waals surface area contributed by atoms with Crippen molar-refractivity contribution in [3.05, 3.63) is 76.7 Å². The largest absolute Gasteiger partial charge is 0.354 e. The third-order valence-corrected chi connectivity index (χ3v) is 4.10. The van der Waals surface area contributed by atoms with E-state index >= 15 is 0 Å². The molecule has 2 aromatic carbocycles. The van der Waals surface area contributed by atoms with Crippen molar-refractivity contribution in [2.75, 3.05) is 17.2 Å². The summed E-state index contributed by atoms with van der Waals surface area (Å²) in [4.78, 5) is 8.86. The van der Waals surface area contributed by atoms with Crippen LogP contribution in [0.15, 0.2) is 54.6 Å². The van der Waals surface area contributed by atoms with Gasteiger partial charge in [-0.3, -0.25) is 0 Å². The molecule has 0 radical (unpaired) electrons. The van der Waals surface area contributed by atoms with Crippen molar-refractivity contribution in [2.24, 2.45) is 0 Å². The lowest BCUT2D eigenvalue weighted by Gasteiger charge is -2.10. The van der Waals surface area contributed by atoms with Gasteiger partial charge in [-0.25, -0.2) is 9.37 Å².